The molecule has 1 N–H and O–H groups in total. The number of nitrogens with one attached hydrogen (secondary N) is 1. The number of ether oxygens (including phenoxy) is 1. The van der Waals surface area contributed by atoms with Crippen LogP contribution < -0.4 is 10.1 Å². The lowest BCUT2D eigenvalue weighted by Crippen LogP contribution is -2.12. The zero-order valence-corrected chi connectivity index (χ0v) is 13.3. The maximum absolute atomic E-state index is 5.98. The average molecular weight is 284 g/mol. The molecule has 0 atom stereocenters. The minimum atomic E-state index is 0.487. The van der Waals surface area contributed by atoms with Crippen molar-refractivity contribution in [3.8, 4) is 11.6 Å². The number of pyridine rings is 1. The fraction of sp³-hybridized carbons (Fsp3) is 0.389. The number of nitrogens with zero attached hydrogens (tertiary/aromatic N) is 1. The Hall–Kier alpha value is -1.87. The van der Waals surface area contributed by atoms with Gasteiger partial charge in [-0.1, -0.05) is 39.0 Å². The average Bonchev–Trinajstić information content (AvgIpc) is 2.47. The molecule has 0 spiro atoms. The first kappa shape index (κ1) is 15.5. The number of benzene rings is 1. The third-order valence-electron chi connectivity index (χ3n) is 3.43. The molecule has 0 bridgehead atoms. The van der Waals surface area contributed by atoms with Crippen LogP contribution in [-0.4, -0.2) is 11.5 Å². The summed E-state index contributed by atoms with van der Waals surface area (Å²) in [5.74, 6) is 2.02. The van der Waals surface area contributed by atoms with Crippen molar-refractivity contribution < 1.29 is 4.74 Å². The summed E-state index contributed by atoms with van der Waals surface area (Å²) in [5, 5.41) is 3.27. The Balaban J connectivity index is 2.19. The van der Waals surface area contributed by atoms with Crippen molar-refractivity contribution in [1.82, 2.24) is 10.3 Å². The summed E-state index contributed by atoms with van der Waals surface area (Å²) in [6.45, 7) is 10.2. The van der Waals surface area contributed by atoms with E-state index in [-0.39, 0.29) is 0 Å². The van der Waals surface area contributed by atoms with Crippen LogP contribution in [-0.2, 0) is 6.54 Å². The minimum absolute atomic E-state index is 0.487. The van der Waals surface area contributed by atoms with Crippen molar-refractivity contribution in [2.24, 2.45) is 0 Å². The van der Waals surface area contributed by atoms with Gasteiger partial charge in [-0.2, -0.15) is 0 Å². The second-order valence-corrected chi connectivity index (χ2v) is 5.53. The van der Waals surface area contributed by atoms with E-state index in [0.29, 0.717) is 11.8 Å². The fourth-order valence-electron chi connectivity index (χ4n) is 2.06. The molecule has 0 aliphatic heterocycles. The largest absolute Gasteiger partial charge is 0.439 e. The van der Waals surface area contributed by atoms with Gasteiger partial charge in [0.2, 0.25) is 5.88 Å². The van der Waals surface area contributed by atoms with Crippen molar-refractivity contribution >= 4 is 0 Å². The lowest BCUT2D eigenvalue weighted by molar-refractivity contribution is 0.455. The molecule has 0 amide bonds. The molecule has 2 aromatic rings. The lowest BCUT2D eigenvalue weighted by Gasteiger charge is -2.12. The van der Waals surface area contributed by atoms with E-state index in [1.54, 1.807) is 0 Å². The molecule has 1 aromatic carbocycles. The number of hydrogen-bond acceptors (Lipinski definition) is 3. The summed E-state index contributed by atoms with van der Waals surface area (Å²) >= 11 is 0. The Labute approximate surface area is 127 Å². The molecule has 0 saturated heterocycles. The van der Waals surface area contributed by atoms with E-state index >= 15 is 0 Å². The van der Waals surface area contributed by atoms with Crippen molar-refractivity contribution in [3.63, 3.8) is 0 Å². The molecule has 3 nitrogen and oxygen atoms in total. The van der Waals surface area contributed by atoms with Gasteiger partial charge in [0, 0.05) is 12.6 Å². The Morgan fingerprint density at radius 3 is 2.71 bits per heavy atom. The lowest BCUT2D eigenvalue weighted by atomic mass is 10.0. The molecule has 0 unspecified atom stereocenters. The van der Waals surface area contributed by atoms with E-state index in [2.05, 4.69) is 56.2 Å². The maximum Gasteiger partial charge on any atom is 0.219 e. The van der Waals surface area contributed by atoms with Gasteiger partial charge in [0.25, 0.3) is 0 Å². The molecule has 0 aliphatic rings. The van der Waals surface area contributed by atoms with Crippen LogP contribution in [0.15, 0.2) is 36.4 Å². The van der Waals surface area contributed by atoms with Gasteiger partial charge in [-0.25, -0.2) is 4.98 Å². The zero-order valence-electron chi connectivity index (χ0n) is 13.3. The van der Waals surface area contributed by atoms with Gasteiger partial charge in [0.1, 0.15) is 5.75 Å². The highest BCUT2D eigenvalue weighted by molar-refractivity contribution is 5.39. The van der Waals surface area contributed by atoms with Gasteiger partial charge in [0.05, 0.1) is 5.69 Å². The molecular formula is C18H24N2O. The first-order chi connectivity index (χ1) is 10.1. The van der Waals surface area contributed by atoms with Crippen molar-refractivity contribution in [2.75, 3.05) is 6.54 Å². The van der Waals surface area contributed by atoms with Gasteiger partial charge in [-0.15, -0.1) is 0 Å². The van der Waals surface area contributed by atoms with Crippen molar-refractivity contribution in [2.45, 2.75) is 40.2 Å². The van der Waals surface area contributed by atoms with E-state index < -0.39 is 0 Å². The summed E-state index contributed by atoms with van der Waals surface area (Å²) < 4.78 is 5.98. The summed E-state index contributed by atoms with van der Waals surface area (Å²) in [7, 11) is 0. The first-order valence-electron chi connectivity index (χ1n) is 7.55. The molecule has 112 valence electrons. The molecule has 0 fully saturated rings. The monoisotopic (exact) mass is 284 g/mol. The van der Waals surface area contributed by atoms with E-state index in [9.17, 15) is 0 Å². The molecule has 21 heavy (non-hydrogen) atoms. The molecule has 0 saturated carbocycles. The van der Waals surface area contributed by atoms with Gasteiger partial charge < -0.3 is 10.1 Å². The van der Waals surface area contributed by atoms with E-state index in [4.69, 9.17) is 4.74 Å². The molecule has 1 heterocycles. The Bertz CT molecular complexity index is 594. The van der Waals surface area contributed by atoms with Gasteiger partial charge >= 0.3 is 0 Å². The second-order valence-electron chi connectivity index (χ2n) is 5.53. The third-order valence-corrected chi connectivity index (χ3v) is 3.43. The molecular weight excluding hydrogens is 260 g/mol. The molecule has 3 heteroatoms. The second kappa shape index (κ2) is 7.23. The predicted molar refractivity (Wildman–Crippen MR) is 87.0 cm³/mol. The van der Waals surface area contributed by atoms with Crippen LogP contribution in [0.25, 0.3) is 0 Å². The molecule has 1 aromatic heterocycles. The Kier molecular flexibility index (Phi) is 5.34. The van der Waals surface area contributed by atoms with Crippen LogP contribution in [0.5, 0.6) is 11.6 Å². The highest BCUT2D eigenvalue weighted by Gasteiger charge is 2.07. The van der Waals surface area contributed by atoms with Crippen LogP contribution >= 0.6 is 0 Å². The minimum Gasteiger partial charge on any atom is -0.439 e. The summed E-state index contributed by atoms with van der Waals surface area (Å²) in [6.07, 6.45) is 0. The number of hydrogen-bond donors (Lipinski definition) is 1. The summed E-state index contributed by atoms with van der Waals surface area (Å²) in [4.78, 5) is 4.54. The van der Waals surface area contributed by atoms with Gasteiger partial charge in [0.15, 0.2) is 0 Å². The Morgan fingerprint density at radius 1 is 1.19 bits per heavy atom. The van der Waals surface area contributed by atoms with Crippen LogP contribution in [0, 0.1) is 6.92 Å². The standard InChI is InChI=1S/C18H24N2O/c1-5-19-12-16-7-6-8-18(20-16)21-17-11-15(13(2)3)10-9-14(17)4/h6-11,13,19H,5,12H2,1-4H3. The van der Waals surface area contributed by atoms with Gasteiger partial charge in [-0.3, -0.25) is 0 Å². The summed E-state index contributed by atoms with van der Waals surface area (Å²) in [6, 6.07) is 12.3. The number of rotatable bonds is 6. The molecule has 0 aliphatic carbocycles. The van der Waals surface area contributed by atoms with E-state index in [1.165, 1.54) is 5.56 Å². The number of aryl methyl sites for hydroxylation is 1. The molecule has 2 rings (SSSR count). The zero-order chi connectivity index (χ0) is 15.2. The normalized spacial score (nSPS) is 10.9. The smallest absolute Gasteiger partial charge is 0.219 e. The Morgan fingerprint density at radius 2 is 2.00 bits per heavy atom. The number of aromatic nitrogens is 1. The predicted octanol–water partition coefficient (Wildman–Crippen LogP) is 4.42. The SMILES string of the molecule is CCNCc1cccc(Oc2cc(C(C)C)ccc2C)n1. The highest BCUT2D eigenvalue weighted by atomic mass is 16.5. The fourth-order valence-corrected chi connectivity index (χ4v) is 2.06. The quantitative estimate of drug-likeness (QED) is 0.853. The van der Waals surface area contributed by atoms with E-state index in [1.807, 2.05) is 18.2 Å². The van der Waals surface area contributed by atoms with Crippen LogP contribution in [0.3, 0.4) is 0 Å². The maximum atomic E-state index is 5.98. The summed E-state index contributed by atoms with van der Waals surface area (Å²) in [5.41, 5.74) is 3.39. The van der Waals surface area contributed by atoms with Crippen molar-refractivity contribution in [3.05, 3.63) is 53.2 Å². The van der Waals surface area contributed by atoms with Crippen molar-refractivity contribution in [1.29, 1.82) is 0 Å². The van der Waals surface area contributed by atoms with Crippen LogP contribution in [0.1, 0.15) is 43.5 Å². The third kappa shape index (κ3) is 4.30. The highest BCUT2D eigenvalue weighted by Crippen LogP contribution is 2.27. The molecule has 0 radical (unpaired) electrons. The van der Waals surface area contributed by atoms with E-state index in [0.717, 1.165) is 30.1 Å². The van der Waals surface area contributed by atoms with Crippen LogP contribution in [0.4, 0.5) is 0 Å². The van der Waals surface area contributed by atoms with Crippen LogP contribution in [0.2, 0.25) is 0 Å². The topological polar surface area (TPSA) is 34.1 Å². The first-order valence-corrected chi connectivity index (χ1v) is 7.55. The van der Waals surface area contributed by atoms with Gasteiger partial charge in [-0.05, 0) is 42.6 Å².